The summed E-state index contributed by atoms with van der Waals surface area (Å²) in [6, 6.07) is 2.44. The Labute approximate surface area is 82.5 Å². The molecule has 0 atom stereocenters. The van der Waals surface area contributed by atoms with Gasteiger partial charge in [-0.3, -0.25) is 0 Å². The fourth-order valence-corrected chi connectivity index (χ4v) is 1.23. The molecule has 0 saturated carbocycles. The second-order valence-corrected chi connectivity index (χ2v) is 3.55. The minimum atomic E-state index is -2.87. The molecule has 0 aliphatic rings. The van der Waals surface area contributed by atoms with Gasteiger partial charge in [-0.25, -0.2) is 13.2 Å². The molecule has 0 N–H and O–H groups in total. The predicted octanol–water partition coefficient (Wildman–Crippen LogP) is 2.13. The number of hydrogen-bond acceptors (Lipinski definition) is 0. The van der Waals surface area contributed by atoms with Crippen molar-refractivity contribution in [2.24, 2.45) is 0 Å². The molecule has 0 unspecified atom stereocenters. The normalized spacial score (nSPS) is 11.8. The van der Waals surface area contributed by atoms with Crippen LogP contribution < -0.4 is 5.46 Å². The SMILES string of the molecule is [B]c1cc(C)c(F)cc1CC(C)(F)F. The molecule has 0 aromatic heterocycles. The van der Waals surface area contributed by atoms with Crippen molar-refractivity contribution >= 4 is 13.3 Å². The Balaban J connectivity index is 3.04. The van der Waals surface area contributed by atoms with E-state index in [0.717, 1.165) is 13.0 Å². The maximum atomic E-state index is 13.0. The standard InChI is InChI=1S/C10H10BF3/c1-6-3-8(11)7(4-9(6)12)5-10(2,13)14/h3-4H,5H2,1-2H3. The molecule has 74 valence electrons. The molecule has 4 heteroatoms. The lowest BCUT2D eigenvalue weighted by Crippen LogP contribution is -2.21. The molecule has 1 rings (SSSR count). The Hall–Kier alpha value is -0.925. The Morgan fingerprint density at radius 1 is 1.36 bits per heavy atom. The van der Waals surface area contributed by atoms with Gasteiger partial charge >= 0.3 is 0 Å². The summed E-state index contributed by atoms with van der Waals surface area (Å²) in [5, 5.41) is 0. The van der Waals surface area contributed by atoms with Crippen molar-refractivity contribution < 1.29 is 13.2 Å². The van der Waals surface area contributed by atoms with Gasteiger partial charge in [0.25, 0.3) is 0 Å². The van der Waals surface area contributed by atoms with Crippen molar-refractivity contribution in [3.05, 3.63) is 29.1 Å². The van der Waals surface area contributed by atoms with Crippen LogP contribution in [-0.4, -0.2) is 13.8 Å². The van der Waals surface area contributed by atoms with Crippen LogP contribution in [0, 0.1) is 12.7 Å². The molecule has 1 aromatic rings. The lowest BCUT2D eigenvalue weighted by Gasteiger charge is -2.13. The molecule has 0 aliphatic heterocycles. The Morgan fingerprint density at radius 2 is 1.93 bits per heavy atom. The highest BCUT2D eigenvalue weighted by Gasteiger charge is 2.22. The van der Waals surface area contributed by atoms with Gasteiger partial charge in [0.2, 0.25) is 5.92 Å². The molecule has 0 aliphatic carbocycles. The summed E-state index contributed by atoms with van der Waals surface area (Å²) in [7, 11) is 5.50. The molecule has 0 fully saturated rings. The van der Waals surface area contributed by atoms with E-state index in [-0.39, 0.29) is 11.0 Å². The zero-order valence-corrected chi connectivity index (χ0v) is 8.07. The van der Waals surface area contributed by atoms with Crippen molar-refractivity contribution in [2.45, 2.75) is 26.2 Å². The minimum absolute atomic E-state index is 0.153. The summed E-state index contributed by atoms with van der Waals surface area (Å²) >= 11 is 0. The number of hydrogen-bond donors (Lipinski definition) is 0. The van der Waals surface area contributed by atoms with Crippen LogP contribution in [0.25, 0.3) is 0 Å². The Kier molecular flexibility index (Phi) is 2.93. The van der Waals surface area contributed by atoms with Crippen LogP contribution in [0.15, 0.2) is 12.1 Å². The minimum Gasteiger partial charge on any atom is -0.207 e. The highest BCUT2D eigenvalue weighted by Crippen LogP contribution is 2.19. The van der Waals surface area contributed by atoms with Crippen LogP contribution >= 0.6 is 0 Å². The quantitative estimate of drug-likeness (QED) is 0.638. The van der Waals surface area contributed by atoms with Gasteiger partial charge in [0.15, 0.2) is 0 Å². The lowest BCUT2D eigenvalue weighted by atomic mass is 9.86. The first-order chi connectivity index (χ1) is 6.29. The van der Waals surface area contributed by atoms with E-state index < -0.39 is 18.2 Å². The van der Waals surface area contributed by atoms with Crippen LogP contribution in [0.5, 0.6) is 0 Å². The Morgan fingerprint density at radius 3 is 2.43 bits per heavy atom. The summed E-state index contributed by atoms with van der Waals surface area (Å²) in [5.41, 5.74) is 0.733. The topological polar surface area (TPSA) is 0 Å². The smallest absolute Gasteiger partial charge is 0.207 e. The summed E-state index contributed by atoms with van der Waals surface area (Å²) in [4.78, 5) is 0. The highest BCUT2D eigenvalue weighted by molar-refractivity contribution is 6.33. The highest BCUT2D eigenvalue weighted by atomic mass is 19.3. The van der Waals surface area contributed by atoms with Gasteiger partial charge < -0.3 is 0 Å². The van der Waals surface area contributed by atoms with Gasteiger partial charge in [0, 0.05) is 6.42 Å². The molecule has 0 saturated heterocycles. The van der Waals surface area contributed by atoms with Crippen molar-refractivity contribution in [3.63, 3.8) is 0 Å². The van der Waals surface area contributed by atoms with Crippen molar-refractivity contribution in [1.29, 1.82) is 0 Å². The molecule has 1 aromatic carbocycles. The molecule has 0 amide bonds. The van der Waals surface area contributed by atoms with E-state index >= 15 is 0 Å². The van der Waals surface area contributed by atoms with Crippen LogP contribution in [0.2, 0.25) is 0 Å². The molecular weight excluding hydrogens is 188 g/mol. The van der Waals surface area contributed by atoms with E-state index in [9.17, 15) is 13.2 Å². The van der Waals surface area contributed by atoms with Crippen LogP contribution in [0.4, 0.5) is 13.2 Å². The second-order valence-electron chi connectivity index (χ2n) is 3.55. The number of aryl methyl sites for hydroxylation is 1. The lowest BCUT2D eigenvalue weighted by molar-refractivity contribution is 0.0228. The van der Waals surface area contributed by atoms with Crippen molar-refractivity contribution in [3.8, 4) is 0 Å². The van der Waals surface area contributed by atoms with Gasteiger partial charge in [-0.1, -0.05) is 11.5 Å². The largest absolute Gasteiger partial charge is 0.249 e. The third-order valence-electron chi connectivity index (χ3n) is 1.92. The molecule has 2 radical (unpaired) electrons. The predicted molar refractivity (Wildman–Crippen MR) is 50.9 cm³/mol. The fourth-order valence-electron chi connectivity index (χ4n) is 1.23. The van der Waals surface area contributed by atoms with E-state index in [1.165, 1.54) is 6.07 Å². The van der Waals surface area contributed by atoms with Gasteiger partial charge in [0.1, 0.15) is 13.7 Å². The molecule has 0 bridgehead atoms. The van der Waals surface area contributed by atoms with Crippen molar-refractivity contribution in [1.82, 2.24) is 0 Å². The van der Waals surface area contributed by atoms with E-state index in [0.29, 0.717) is 5.56 Å². The maximum Gasteiger partial charge on any atom is 0.249 e. The van der Waals surface area contributed by atoms with E-state index in [1.54, 1.807) is 6.92 Å². The first-order valence-electron chi connectivity index (χ1n) is 4.22. The summed E-state index contributed by atoms with van der Waals surface area (Å²) < 4.78 is 38.3. The van der Waals surface area contributed by atoms with Crippen molar-refractivity contribution in [2.75, 3.05) is 0 Å². The molecule has 0 nitrogen and oxygen atoms in total. The zero-order valence-electron chi connectivity index (χ0n) is 8.07. The molecular formula is C10H10BF3. The van der Waals surface area contributed by atoms with Crippen LogP contribution in [-0.2, 0) is 6.42 Å². The summed E-state index contributed by atoms with van der Waals surface area (Å²) in [6.45, 7) is 2.32. The zero-order chi connectivity index (χ0) is 10.9. The fraction of sp³-hybridized carbons (Fsp3) is 0.400. The number of rotatable bonds is 2. The van der Waals surface area contributed by atoms with Gasteiger partial charge in [-0.15, -0.1) is 0 Å². The average Bonchev–Trinajstić information content (AvgIpc) is 1.97. The van der Waals surface area contributed by atoms with Crippen LogP contribution in [0.3, 0.4) is 0 Å². The third-order valence-corrected chi connectivity index (χ3v) is 1.92. The molecule has 0 heterocycles. The second kappa shape index (κ2) is 3.68. The summed E-state index contributed by atoms with van der Waals surface area (Å²) in [5.74, 6) is -3.37. The third kappa shape index (κ3) is 2.79. The molecule has 0 spiro atoms. The number of alkyl halides is 2. The van der Waals surface area contributed by atoms with E-state index in [4.69, 9.17) is 7.85 Å². The number of halogens is 3. The number of benzene rings is 1. The van der Waals surface area contributed by atoms with Crippen LogP contribution in [0.1, 0.15) is 18.1 Å². The van der Waals surface area contributed by atoms with E-state index in [1.807, 2.05) is 0 Å². The monoisotopic (exact) mass is 198 g/mol. The first-order valence-corrected chi connectivity index (χ1v) is 4.22. The van der Waals surface area contributed by atoms with Gasteiger partial charge in [0.05, 0.1) is 0 Å². The Bertz CT molecular complexity index is 342. The van der Waals surface area contributed by atoms with E-state index in [2.05, 4.69) is 0 Å². The summed E-state index contributed by atoms with van der Waals surface area (Å²) in [6.07, 6.45) is -0.532. The maximum absolute atomic E-state index is 13.0. The van der Waals surface area contributed by atoms with Gasteiger partial charge in [-0.2, -0.15) is 0 Å². The first kappa shape index (κ1) is 11.2. The molecule has 14 heavy (non-hydrogen) atoms. The van der Waals surface area contributed by atoms with Gasteiger partial charge in [-0.05, 0) is 31.0 Å². The average molecular weight is 198 g/mol.